The molecular formula is C17H21N. The maximum atomic E-state index is 5.69. The standard InChI is InChI=1S/C17H21N/c1-13-5-3-4-6-17(13)11-15-7-9-16(10-8-15)14(2)12-18/h3-10,14H,11-12,18H2,1-2H3. The highest BCUT2D eigenvalue weighted by molar-refractivity contribution is 5.33. The third-order valence-corrected chi connectivity index (χ3v) is 3.56. The second kappa shape index (κ2) is 5.83. The van der Waals surface area contributed by atoms with Crippen LogP contribution in [0, 0.1) is 6.92 Å². The van der Waals surface area contributed by atoms with Crippen LogP contribution in [0.1, 0.15) is 35.1 Å². The van der Waals surface area contributed by atoms with E-state index in [1.54, 1.807) is 0 Å². The first-order valence-electron chi connectivity index (χ1n) is 6.54. The van der Waals surface area contributed by atoms with Gasteiger partial charge in [-0.25, -0.2) is 0 Å². The molecule has 0 saturated heterocycles. The molecule has 0 aliphatic rings. The van der Waals surface area contributed by atoms with Crippen molar-refractivity contribution in [1.29, 1.82) is 0 Å². The third-order valence-electron chi connectivity index (χ3n) is 3.56. The van der Waals surface area contributed by atoms with Crippen molar-refractivity contribution in [3.8, 4) is 0 Å². The van der Waals surface area contributed by atoms with Crippen molar-refractivity contribution in [3.63, 3.8) is 0 Å². The largest absolute Gasteiger partial charge is 0.330 e. The van der Waals surface area contributed by atoms with Crippen LogP contribution in [0.5, 0.6) is 0 Å². The Morgan fingerprint density at radius 3 is 2.28 bits per heavy atom. The number of hydrogen-bond acceptors (Lipinski definition) is 1. The minimum atomic E-state index is 0.442. The summed E-state index contributed by atoms with van der Waals surface area (Å²) >= 11 is 0. The lowest BCUT2D eigenvalue weighted by Gasteiger charge is -2.10. The molecule has 0 fully saturated rings. The van der Waals surface area contributed by atoms with E-state index in [1.807, 2.05) is 0 Å². The molecule has 1 atom stereocenters. The Balaban J connectivity index is 2.14. The van der Waals surface area contributed by atoms with E-state index in [2.05, 4.69) is 62.4 Å². The summed E-state index contributed by atoms with van der Waals surface area (Å²) in [6.07, 6.45) is 1.00. The van der Waals surface area contributed by atoms with Crippen LogP contribution < -0.4 is 5.73 Å². The summed E-state index contributed by atoms with van der Waals surface area (Å²) in [5.41, 5.74) is 11.1. The molecule has 2 N–H and O–H groups in total. The van der Waals surface area contributed by atoms with Crippen LogP contribution >= 0.6 is 0 Å². The van der Waals surface area contributed by atoms with Crippen LogP contribution in [0.25, 0.3) is 0 Å². The topological polar surface area (TPSA) is 26.0 Å². The average molecular weight is 239 g/mol. The van der Waals surface area contributed by atoms with E-state index in [1.165, 1.54) is 22.3 Å². The summed E-state index contributed by atoms with van der Waals surface area (Å²) in [6.45, 7) is 5.04. The van der Waals surface area contributed by atoms with Gasteiger partial charge in [0.15, 0.2) is 0 Å². The molecule has 0 amide bonds. The summed E-state index contributed by atoms with van der Waals surface area (Å²) in [6, 6.07) is 17.4. The first-order chi connectivity index (χ1) is 8.70. The minimum Gasteiger partial charge on any atom is -0.330 e. The monoisotopic (exact) mass is 239 g/mol. The van der Waals surface area contributed by atoms with Crippen molar-refractivity contribution in [1.82, 2.24) is 0 Å². The Kier molecular flexibility index (Phi) is 4.16. The molecule has 0 aromatic heterocycles. The molecule has 94 valence electrons. The molecule has 0 aliphatic heterocycles. The fourth-order valence-electron chi connectivity index (χ4n) is 2.13. The molecule has 2 aromatic rings. The zero-order chi connectivity index (χ0) is 13.0. The first-order valence-corrected chi connectivity index (χ1v) is 6.54. The maximum Gasteiger partial charge on any atom is -0.00109 e. The molecule has 0 heterocycles. The molecular weight excluding hydrogens is 218 g/mol. The lowest BCUT2D eigenvalue weighted by molar-refractivity contribution is 0.773. The Morgan fingerprint density at radius 1 is 1.00 bits per heavy atom. The number of rotatable bonds is 4. The van der Waals surface area contributed by atoms with Crippen LogP contribution in [0.4, 0.5) is 0 Å². The number of nitrogens with two attached hydrogens (primary N) is 1. The summed E-state index contributed by atoms with van der Waals surface area (Å²) in [7, 11) is 0. The van der Waals surface area contributed by atoms with Gasteiger partial charge in [0.25, 0.3) is 0 Å². The van der Waals surface area contributed by atoms with Crippen LogP contribution in [-0.2, 0) is 6.42 Å². The molecule has 2 rings (SSSR count). The van der Waals surface area contributed by atoms with Gasteiger partial charge in [-0.15, -0.1) is 0 Å². The molecule has 18 heavy (non-hydrogen) atoms. The van der Waals surface area contributed by atoms with Gasteiger partial charge in [-0.3, -0.25) is 0 Å². The smallest absolute Gasteiger partial charge is 0.00109 e. The van der Waals surface area contributed by atoms with Gasteiger partial charge in [0.1, 0.15) is 0 Å². The van der Waals surface area contributed by atoms with Gasteiger partial charge < -0.3 is 5.73 Å². The van der Waals surface area contributed by atoms with E-state index in [0.717, 1.165) is 6.42 Å². The van der Waals surface area contributed by atoms with Crippen LogP contribution in [0.2, 0.25) is 0 Å². The van der Waals surface area contributed by atoms with E-state index in [-0.39, 0.29) is 0 Å². The predicted octanol–water partition coefficient (Wildman–Crippen LogP) is 3.65. The van der Waals surface area contributed by atoms with Crippen LogP contribution in [0.15, 0.2) is 48.5 Å². The zero-order valence-corrected chi connectivity index (χ0v) is 11.2. The number of benzene rings is 2. The predicted molar refractivity (Wildman–Crippen MR) is 77.9 cm³/mol. The molecule has 0 radical (unpaired) electrons. The van der Waals surface area contributed by atoms with E-state index in [9.17, 15) is 0 Å². The molecule has 1 nitrogen and oxygen atoms in total. The summed E-state index contributed by atoms with van der Waals surface area (Å²) in [5.74, 6) is 0.442. The van der Waals surface area contributed by atoms with Gasteiger partial charge in [0, 0.05) is 0 Å². The summed E-state index contributed by atoms with van der Waals surface area (Å²) in [5, 5.41) is 0. The van der Waals surface area contributed by atoms with Crippen molar-refractivity contribution in [2.75, 3.05) is 6.54 Å². The Hall–Kier alpha value is -1.60. The van der Waals surface area contributed by atoms with E-state index >= 15 is 0 Å². The lowest BCUT2D eigenvalue weighted by Crippen LogP contribution is -2.08. The van der Waals surface area contributed by atoms with Gasteiger partial charge in [-0.2, -0.15) is 0 Å². The minimum absolute atomic E-state index is 0.442. The zero-order valence-electron chi connectivity index (χ0n) is 11.2. The van der Waals surface area contributed by atoms with Crippen molar-refractivity contribution < 1.29 is 0 Å². The molecule has 0 saturated carbocycles. The first kappa shape index (κ1) is 12.8. The quantitative estimate of drug-likeness (QED) is 0.866. The Labute approximate surface area is 110 Å². The van der Waals surface area contributed by atoms with E-state index in [0.29, 0.717) is 12.5 Å². The molecule has 0 spiro atoms. The highest BCUT2D eigenvalue weighted by Gasteiger charge is 2.03. The average Bonchev–Trinajstić information content (AvgIpc) is 2.41. The van der Waals surface area contributed by atoms with Crippen LogP contribution in [-0.4, -0.2) is 6.54 Å². The second-order valence-electron chi connectivity index (χ2n) is 4.98. The molecule has 0 bridgehead atoms. The van der Waals surface area contributed by atoms with Crippen molar-refractivity contribution in [2.45, 2.75) is 26.2 Å². The van der Waals surface area contributed by atoms with Crippen molar-refractivity contribution in [2.24, 2.45) is 5.73 Å². The molecule has 0 aliphatic carbocycles. The number of aryl methyl sites for hydroxylation is 1. The fourth-order valence-corrected chi connectivity index (χ4v) is 2.13. The Morgan fingerprint density at radius 2 is 1.67 bits per heavy atom. The molecule has 1 unspecified atom stereocenters. The van der Waals surface area contributed by atoms with E-state index in [4.69, 9.17) is 5.73 Å². The Bertz CT molecular complexity index is 499. The van der Waals surface area contributed by atoms with Crippen molar-refractivity contribution >= 4 is 0 Å². The van der Waals surface area contributed by atoms with Gasteiger partial charge in [-0.1, -0.05) is 55.5 Å². The van der Waals surface area contributed by atoms with Crippen molar-refractivity contribution in [3.05, 3.63) is 70.8 Å². The van der Waals surface area contributed by atoms with Gasteiger partial charge in [-0.05, 0) is 48.1 Å². The summed E-state index contributed by atoms with van der Waals surface area (Å²) < 4.78 is 0. The van der Waals surface area contributed by atoms with Gasteiger partial charge in [0.2, 0.25) is 0 Å². The normalized spacial score (nSPS) is 12.4. The second-order valence-corrected chi connectivity index (χ2v) is 4.98. The highest BCUT2D eigenvalue weighted by Crippen LogP contribution is 2.17. The summed E-state index contributed by atoms with van der Waals surface area (Å²) in [4.78, 5) is 0. The molecule has 1 heteroatoms. The SMILES string of the molecule is Cc1ccccc1Cc1ccc(C(C)CN)cc1. The third kappa shape index (κ3) is 2.99. The number of hydrogen-bond donors (Lipinski definition) is 1. The fraction of sp³-hybridized carbons (Fsp3) is 0.294. The van der Waals surface area contributed by atoms with Crippen LogP contribution in [0.3, 0.4) is 0 Å². The maximum absolute atomic E-state index is 5.69. The highest BCUT2D eigenvalue weighted by atomic mass is 14.5. The van der Waals surface area contributed by atoms with Gasteiger partial charge >= 0.3 is 0 Å². The van der Waals surface area contributed by atoms with E-state index < -0.39 is 0 Å². The lowest BCUT2D eigenvalue weighted by atomic mass is 9.96. The molecule has 2 aromatic carbocycles. The van der Waals surface area contributed by atoms with Gasteiger partial charge in [0.05, 0.1) is 0 Å².